The van der Waals surface area contributed by atoms with E-state index in [1.807, 2.05) is 0 Å². The molecule has 0 aromatic carbocycles. The molecule has 4 atom stereocenters. The molecule has 0 bridgehead atoms. The molecule has 0 heteroatoms. The van der Waals surface area contributed by atoms with Crippen LogP contribution in [0.15, 0.2) is 0 Å². The zero-order valence-corrected chi connectivity index (χ0v) is 8.78. The van der Waals surface area contributed by atoms with Gasteiger partial charge >= 0.3 is 0 Å². The minimum Gasteiger partial charge on any atom is -0.0625 e. The van der Waals surface area contributed by atoms with Crippen molar-refractivity contribution in [3.8, 4) is 0 Å². The molecule has 0 aliphatic heterocycles. The largest absolute Gasteiger partial charge is 0.0625 e. The SMILES string of the molecule is CC(C)C(C)CC12CC13CC23C. The second-order valence-corrected chi connectivity index (χ2v) is 6.28. The van der Waals surface area contributed by atoms with Gasteiger partial charge < -0.3 is 0 Å². The van der Waals surface area contributed by atoms with Crippen LogP contribution in [-0.4, -0.2) is 0 Å². The fourth-order valence-electron chi connectivity index (χ4n) is 4.02. The van der Waals surface area contributed by atoms with Crippen molar-refractivity contribution in [2.24, 2.45) is 28.1 Å². The monoisotopic (exact) mass is 164 g/mol. The highest BCUT2D eigenvalue weighted by Gasteiger charge is 3.08. The van der Waals surface area contributed by atoms with Crippen LogP contribution < -0.4 is 0 Å². The molecule has 0 saturated heterocycles. The van der Waals surface area contributed by atoms with E-state index in [-0.39, 0.29) is 0 Å². The maximum atomic E-state index is 2.52. The lowest BCUT2D eigenvalue weighted by atomic mass is 9.83. The van der Waals surface area contributed by atoms with Gasteiger partial charge in [0.1, 0.15) is 0 Å². The van der Waals surface area contributed by atoms with E-state index >= 15 is 0 Å². The lowest BCUT2D eigenvalue weighted by Crippen LogP contribution is -2.13. The summed E-state index contributed by atoms with van der Waals surface area (Å²) in [6.45, 7) is 9.69. The number of fused-ring (bicyclic) bond motifs is 1. The summed E-state index contributed by atoms with van der Waals surface area (Å²) in [5.41, 5.74) is 2.69. The summed E-state index contributed by atoms with van der Waals surface area (Å²) in [6.07, 6.45) is 4.69. The van der Waals surface area contributed by atoms with E-state index in [9.17, 15) is 0 Å². The minimum absolute atomic E-state index is 0.864. The normalized spacial score (nSPS) is 60.8. The first-order valence-electron chi connectivity index (χ1n) is 5.49. The molecule has 0 N–H and O–H groups in total. The summed E-state index contributed by atoms with van der Waals surface area (Å²) in [5.74, 6) is 1.84. The van der Waals surface area contributed by atoms with E-state index in [2.05, 4.69) is 27.7 Å². The minimum atomic E-state index is 0.864. The fourth-order valence-corrected chi connectivity index (χ4v) is 4.02. The van der Waals surface area contributed by atoms with Crippen LogP contribution in [0.25, 0.3) is 0 Å². The highest BCUT2D eigenvalue weighted by Crippen LogP contribution is 3.14. The zero-order valence-electron chi connectivity index (χ0n) is 8.78. The molecule has 1 spiro atoms. The molecule has 68 valence electrons. The smallest absolute Gasteiger partial charge is 0.0164 e. The van der Waals surface area contributed by atoms with Crippen molar-refractivity contribution in [3.05, 3.63) is 0 Å². The van der Waals surface area contributed by atoms with E-state index in [0.717, 1.165) is 28.1 Å². The molecule has 0 aromatic heterocycles. The predicted molar refractivity (Wildman–Crippen MR) is 50.8 cm³/mol. The maximum Gasteiger partial charge on any atom is -0.0164 e. The predicted octanol–water partition coefficient (Wildman–Crippen LogP) is 3.47. The second kappa shape index (κ2) is 1.51. The van der Waals surface area contributed by atoms with Gasteiger partial charge in [-0.05, 0) is 47.3 Å². The summed E-state index contributed by atoms with van der Waals surface area (Å²) in [6, 6.07) is 0. The van der Waals surface area contributed by atoms with Gasteiger partial charge in [-0.3, -0.25) is 0 Å². The summed E-state index contributed by atoms with van der Waals surface area (Å²) in [5, 5.41) is 0. The molecule has 3 saturated carbocycles. The molecule has 3 aliphatic carbocycles. The Balaban J connectivity index is 1.66. The number of hydrogen-bond donors (Lipinski definition) is 0. The Kier molecular flexibility index (Phi) is 0.932. The quantitative estimate of drug-likeness (QED) is 0.599. The van der Waals surface area contributed by atoms with Crippen LogP contribution in [0.4, 0.5) is 0 Å². The molecule has 3 fully saturated rings. The molecular weight excluding hydrogens is 144 g/mol. The molecule has 0 radical (unpaired) electrons. The third-order valence-electron chi connectivity index (χ3n) is 5.78. The van der Waals surface area contributed by atoms with Crippen molar-refractivity contribution >= 4 is 0 Å². The van der Waals surface area contributed by atoms with Gasteiger partial charge in [0.15, 0.2) is 0 Å². The molecule has 4 unspecified atom stereocenters. The first kappa shape index (κ1) is 7.41. The van der Waals surface area contributed by atoms with Crippen LogP contribution in [-0.2, 0) is 0 Å². The topological polar surface area (TPSA) is 0 Å². The van der Waals surface area contributed by atoms with Crippen molar-refractivity contribution in [2.45, 2.75) is 47.0 Å². The van der Waals surface area contributed by atoms with Gasteiger partial charge in [0.25, 0.3) is 0 Å². The van der Waals surface area contributed by atoms with Gasteiger partial charge in [-0.2, -0.15) is 0 Å². The van der Waals surface area contributed by atoms with Gasteiger partial charge in [-0.1, -0.05) is 27.7 Å². The standard InChI is InChI=1S/C12H20/c1-8(2)9(3)5-11-7-12(11)6-10(11,12)4/h8-9H,5-7H2,1-4H3. The molecule has 0 aromatic rings. The first-order valence-corrected chi connectivity index (χ1v) is 5.49. The van der Waals surface area contributed by atoms with E-state index < -0.39 is 0 Å². The third kappa shape index (κ3) is 0.459. The molecule has 0 heterocycles. The summed E-state index contributed by atoms with van der Waals surface area (Å²) in [4.78, 5) is 0. The van der Waals surface area contributed by atoms with Crippen LogP contribution >= 0.6 is 0 Å². The average molecular weight is 164 g/mol. The van der Waals surface area contributed by atoms with Gasteiger partial charge in [0.05, 0.1) is 0 Å². The van der Waals surface area contributed by atoms with Gasteiger partial charge in [0, 0.05) is 0 Å². The van der Waals surface area contributed by atoms with Crippen LogP contribution in [0.2, 0.25) is 0 Å². The fraction of sp³-hybridized carbons (Fsp3) is 1.00. The Hall–Kier alpha value is 0. The van der Waals surface area contributed by atoms with Crippen LogP contribution in [0, 0.1) is 28.1 Å². The lowest BCUT2D eigenvalue weighted by Gasteiger charge is -2.21. The summed E-state index contributed by atoms with van der Waals surface area (Å²) < 4.78 is 0. The zero-order chi connectivity index (χ0) is 8.78. The summed E-state index contributed by atoms with van der Waals surface area (Å²) >= 11 is 0. The molecule has 3 aliphatic rings. The number of rotatable bonds is 3. The van der Waals surface area contributed by atoms with E-state index in [0.29, 0.717) is 0 Å². The second-order valence-electron chi connectivity index (χ2n) is 6.28. The Morgan fingerprint density at radius 3 is 2.00 bits per heavy atom. The van der Waals surface area contributed by atoms with E-state index in [4.69, 9.17) is 0 Å². The maximum absolute atomic E-state index is 2.52. The first-order chi connectivity index (χ1) is 5.49. The van der Waals surface area contributed by atoms with Crippen molar-refractivity contribution in [3.63, 3.8) is 0 Å². The van der Waals surface area contributed by atoms with Gasteiger partial charge in [-0.25, -0.2) is 0 Å². The van der Waals surface area contributed by atoms with E-state index in [1.165, 1.54) is 6.42 Å². The van der Waals surface area contributed by atoms with Crippen molar-refractivity contribution in [1.29, 1.82) is 0 Å². The molecule has 3 rings (SSSR count). The Morgan fingerprint density at radius 2 is 1.75 bits per heavy atom. The van der Waals surface area contributed by atoms with Crippen molar-refractivity contribution in [2.75, 3.05) is 0 Å². The average Bonchev–Trinajstić information content (AvgIpc) is 2.81. The van der Waals surface area contributed by atoms with Crippen LogP contribution in [0.5, 0.6) is 0 Å². The summed E-state index contributed by atoms with van der Waals surface area (Å²) in [7, 11) is 0. The molecular formula is C12H20. The van der Waals surface area contributed by atoms with Crippen molar-refractivity contribution < 1.29 is 0 Å². The van der Waals surface area contributed by atoms with E-state index in [1.54, 1.807) is 12.8 Å². The lowest BCUT2D eigenvalue weighted by molar-refractivity contribution is 0.281. The van der Waals surface area contributed by atoms with Crippen molar-refractivity contribution in [1.82, 2.24) is 0 Å². The Morgan fingerprint density at radius 1 is 1.17 bits per heavy atom. The van der Waals surface area contributed by atoms with Gasteiger partial charge in [-0.15, -0.1) is 0 Å². The highest BCUT2D eigenvalue weighted by atomic mass is 15.1. The Labute approximate surface area is 75.7 Å². The third-order valence-corrected chi connectivity index (χ3v) is 5.78. The highest BCUT2D eigenvalue weighted by molar-refractivity contribution is 5.55. The molecule has 0 amide bonds. The van der Waals surface area contributed by atoms with Crippen LogP contribution in [0.3, 0.4) is 0 Å². The molecule has 12 heavy (non-hydrogen) atoms. The van der Waals surface area contributed by atoms with Gasteiger partial charge in [0.2, 0.25) is 0 Å². The molecule has 0 nitrogen and oxygen atoms in total. The van der Waals surface area contributed by atoms with Crippen LogP contribution in [0.1, 0.15) is 47.0 Å². The Bertz CT molecular complexity index is 245. The number of hydrogen-bond acceptors (Lipinski definition) is 0.